The van der Waals surface area contributed by atoms with Crippen LogP contribution in [-0.2, 0) is 0 Å². The number of nitrogens with one attached hydrogen (secondary N) is 2. The maximum atomic E-state index is 10.8. The van der Waals surface area contributed by atoms with Gasteiger partial charge in [-0.3, -0.25) is 20.9 Å². The van der Waals surface area contributed by atoms with Crippen LogP contribution in [0.25, 0.3) is 11.0 Å². The molecule has 2 rings (SSSR count). The summed E-state index contributed by atoms with van der Waals surface area (Å²) in [4.78, 5) is 10.2. The van der Waals surface area contributed by atoms with Gasteiger partial charge >= 0.3 is 5.69 Å². The van der Waals surface area contributed by atoms with Gasteiger partial charge in [-0.2, -0.15) is 10.4 Å². The Morgan fingerprint density at radius 1 is 1.55 bits per heavy atom. The molecule has 11 heteroatoms. The Bertz CT molecular complexity index is 771. The van der Waals surface area contributed by atoms with E-state index in [4.69, 9.17) is 16.4 Å². The number of nitrogens with zero attached hydrogens (tertiary/aromatic N) is 5. The molecule has 0 saturated heterocycles. The number of rotatable bonds is 4. The number of anilines is 1. The lowest BCUT2D eigenvalue weighted by molar-refractivity contribution is -0.383. The quantitative estimate of drug-likeness (QED) is 0.309. The van der Waals surface area contributed by atoms with Crippen LogP contribution in [0.2, 0.25) is 0 Å². The van der Waals surface area contributed by atoms with Crippen LogP contribution in [0.5, 0.6) is 0 Å². The molecule has 0 unspecified atom stereocenters. The number of non-ortho nitro benzene ring substituents is 1. The van der Waals surface area contributed by atoms with Gasteiger partial charge in [-0.1, -0.05) is 0 Å². The second-order valence-electron chi connectivity index (χ2n) is 3.45. The van der Waals surface area contributed by atoms with E-state index in [1.807, 2.05) is 0 Å². The molecule has 2 aromatic rings. The topological polar surface area (TPSA) is 180 Å². The third-order valence-corrected chi connectivity index (χ3v) is 2.24. The molecule has 11 nitrogen and oxygen atoms in total. The highest BCUT2D eigenvalue weighted by Gasteiger charge is 2.19. The van der Waals surface area contributed by atoms with Crippen molar-refractivity contribution in [1.82, 2.24) is 10.3 Å². The summed E-state index contributed by atoms with van der Waals surface area (Å²) in [5.74, 6) is -0.517. The summed E-state index contributed by atoms with van der Waals surface area (Å²) in [7, 11) is 0. The predicted octanol–water partition coefficient (Wildman–Crippen LogP) is 0.358. The van der Waals surface area contributed by atoms with Crippen molar-refractivity contribution in [2.45, 2.75) is 0 Å². The van der Waals surface area contributed by atoms with E-state index in [1.165, 1.54) is 12.1 Å². The Labute approximate surface area is 110 Å². The molecule has 4 N–H and O–H groups in total. The first-order valence-corrected chi connectivity index (χ1v) is 5.02. The van der Waals surface area contributed by atoms with Crippen LogP contribution in [0.4, 0.5) is 11.4 Å². The number of benzene rings is 1. The van der Waals surface area contributed by atoms with Crippen LogP contribution in [0.1, 0.15) is 0 Å². The molecular weight excluding hydrogens is 268 g/mol. The minimum atomic E-state index is -0.629. The van der Waals surface area contributed by atoms with Gasteiger partial charge in [0, 0.05) is 6.07 Å². The molecule has 20 heavy (non-hydrogen) atoms. The molecular formula is C9H6N8O3. The lowest BCUT2D eigenvalue weighted by Crippen LogP contribution is -2.21. The summed E-state index contributed by atoms with van der Waals surface area (Å²) in [6.45, 7) is 0. The maximum Gasteiger partial charge on any atom is 0.300 e. The van der Waals surface area contributed by atoms with E-state index in [9.17, 15) is 10.1 Å². The third-order valence-electron chi connectivity index (χ3n) is 2.24. The summed E-state index contributed by atoms with van der Waals surface area (Å²) >= 11 is 0. The number of nitrogens with two attached hydrogens (primary N) is 1. The standard InChI is InChI=1S/C9H6N8O3/c10-3-5(9(11)12)14-13-4-1-2-6(17(18)19)8-7(4)15-20-16-8/h1-2,13H,(H3,11,12)/b14-5+. The average Bonchev–Trinajstić information content (AvgIpc) is 2.87. The van der Waals surface area contributed by atoms with Crippen molar-refractivity contribution in [3.8, 4) is 6.07 Å². The zero-order chi connectivity index (χ0) is 14.7. The number of nitro groups is 1. The van der Waals surface area contributed by atoms with Gasteiger partial charge in [0.05, 0.1) is 10.6 Å². The second-order valence-corrected chi connectivity index (χ2v) is 3.45. The summed E-state index contributed by atoms with van der Waals surface area (Å²) in [6, 6.07) is 4.12. The molecule has 1 aromatic heterocycles. The Balaban J connectivity index is 2.45. The predicted molar refractivity (Wildman–Crippen MR) is 67.0 cm³/mol. The van der Waals surface area contributed by atoms with Crippen molar-refractivity contribution in [3.05, 3.63) is 22.2 Å². The molecule has 0 saturated carbocycles. The highest BCUT2D eigenvalue weighted by Crippen LogP contribution is 2.28. The molecule has 0 aliphatic rings. The number of nitriles is 1. The van der Waals surface area contributed by atoms with Gasteiger partial charge in [0.25, 0.3) is 0 Å². The number of aromatic nitrogens is 2. The minimum Gasteiger partial charge on any atom is -0.382 e. The number of hydrazone groups is 1. The lowest BCUT2D eigenvalue weighted by atomic mass is 10.2. The number of nitro benzene ring substituents is 1. The fourth-order valence-corrected chi connectivity index (χ4v) is 1.35. The Morgan fingerprint density at radius 2 is 2.25 bits per heavy atom. The Morgan fingerprint density at radius 3 is 2.85 bits per heavy atom. The smallest absolute Gasteiger partial charge is 0.300 e. The third kappa shape index (κ3) is 2.20. The Kier molecular flexibility index (Phi) is 3.21. The zero-order valence-corrected chi connectivity index (χ0v) is 9.69. The fourth-order valence-electron chi connectivity index (χ4n) is 1.35. The molecule has 0 spiro atoms. The lowest BCUT2D eigenvalue weighted by Gasteiger charge is -2.01. The van der Waals surface area contributed by atoms with Crippen molar-refractivity contribution < 1.29 is 9.55 Å². The number of hydrogen-bond acceptors (Lipinski definition) is 9. The number of fused-ring (bicyclic) bond motifs is 1. The van der Waals surface area contributed by atoms with Gasteiger partial charge in [-0.05, 0) is 16.4 Å². The van der Waals surface area contributed by atoms with Gasteiger partial charge in [0.2, 0.25) is 11.2 Å². The minimum absolute atomic E-state index is 0.0588. The van der Waals surface area contributed by atoms with E-state index >= 15 is 0 Å². The van der Waals surface area contributed by atoms with E-state index in [1.54, 1.807) is 6.07 Å². The summed E-state index contributed by atoms with van der Waals surface area (Å²) in [5.41, 5.74) is 7.18. The molecule has 0 atom stereocenters. The van der Waals surface area contributed by atoms with Gasteiger partial charge in [0.15, 0.2) is 11.4 Å². The van der Waals surface area contributed by atoms with Crippen molar-refractivity contribution >= 4 is 34.0 Å². The van der Waals surface area contributed by atoms with Crippen molar-refractivity contribution in [2.75, 3.05) is 5.43 Å². The van der Waals surface area contributed by atoms with Gasteiger partial charge < -0.3 is 5.73 Å². The average molecular weight is 274 g/mol. The SMILES string of the molecule is N#C/C(=N\Nc1ccc([N+](=O)[O-])c2nonc12)C(=N)N. The number of hydrogen-bond donors (Lipinski definition) is 3. The van der Waals surface area contributed by atoms with Crippen LogP contribution in [0, 0.1) is 26.9 Å². The zero-order valence-electron chi connectivity index (χ0n) is 9.69. The first-order valence-electron chi connectivity index (χ1n) is 5.02. The van der Waals surface area contributed by atoms with Gasteiger partial charge in [-0.25, -0.2) is 4.63 Å². The summed E-state index contributed by atoms with van der Waals surface area (Å²) in [5, 5.41) is 37.1. The van der Waals surface area contributed by atoms with Crippen LogP contribution >= 0.6 is 0 Å². The van der Waals surface area contributed by atoms with Crippen molar-refractivity contribution in [1.29, 1.82) is 10.7 Å². The monoisotopic (exact) mass is 274 g/mol. The molecule has 1 heterocycles. The molecule has 100 valence electrons. The molecule has 0 amide bonds. The first kappa shape index (κ1) is 12.9. The molecule has 0 bridgehead atoms. The van der Waals surface area contributed by atoms with E-state index in [2.05, 4.69) is 25.5 Å². The molecule has 0 fully saturated rings. The van der Waals surface area contributed by atoms with E-state index < -0.39 is 10.8 Å². The summed E-state index contributed by atoms with van der Waals surface area (Å²) < 4.78 is 4.45. The van der Waals surface area contributed by atoms with Gasteiger partial charge in [0.1, 0.15) is 6.07 Å². The summed E-state index contributed by atoms with van der Waals surface area (Å²) in [6.07, 6.45) is 0. The van der Waals surface area contributed by atoms with Crippen LogP contribution in [0.3, 0.4) is 0 Å². The molecule has 0 aliphatic carbocycles. The Hall–Kier alpha value is -3.55. The van der Waals surface area contributed by atoms with Crippen LogP contribution in [0.15, 0.2) is 21.9 Å². The van der Waals surface area contributed by atoms with Crippen LogP contribution < -0.4 is 11.2 Å². The largest absolute Gasteiger partial charge is 0.382 e. The highest BCUT2D eigenvalue weighted by atomic mass is 16.6. The van der Waals surface area contributed by atoms with Gasteiger partial charge in [-0.15, -0.1) is 0 Å². The van der Waals surface area contributed by atoms with E-state index in [-0.39, 0.29) is 28.1 Å². The van der Waals surface area contributed by atoms with Crippen molar-refractivity contribution in [3.63, 3.8) is 0 Å². The highest BCUT2D eigenvalue weighted by molar-refractivity contribution is 6.45. The molecule has 0 aliphatic heterocycles. The maximum absolute atomic E-state index is 10.8. The van der Waals surface area contributed by atoms with E-state index in [0.29, 0.717) is 0 Å². The normalized spacial score (nSPS) is 11.1. The molecule has 1 aromatic carbocycles. The first-order chi connectivity index (χ1) is 9.54. The van der Waals surface area contributed by atoms with E-state index in [0.717, 1.165) is 0 Å². The fraction of sp³-hybridized carbons (Fsp3) is 0. The van der Waals surface area contributed by atoms with Crippen LogP contribution in [-0.4, -0.2) is 26.8 Å². The number of amidine groups is 1. The molecule has 0 radical (unpaired) electrons. The second kappa shape index (κ2) is 4.98. The van der Waals surface area contributed by atoms with Crippen molar-refractivity contribution in [2.24, 2.45) is 10.8 Å².